The second-order valence-corrected chi connectivity index (χ2v) is 7.70. The van der Waals surface area contributed by atoms with Gasteiger partial charge in [-0.05, 0) is 63.7 Å². The lowest BCUT2D eigenvalue weighted by molar-refractivity contribution is -0.155. The number of esters is 1. The average molecular weight is 380 g/mol. The molecule has 1 saturated carbocycles. The number of carbonyl (C=O) groups excluding carboxylic acids is 1. The molecule has 5 nitrogen and oxygen atoms in total. The number of hydrogen-bond acceptors (Lipinski definition) is 5. The molecule has 1 aromatic carbocycles. The second kappa shape index (κ2) is 9.42. The van der Waals surface area contributed by atoms with Crippen LogP contribution in [0.2, 0.25) is 0 Å². The van der Waals surface area contributed by atoms with Crippen molar-refractivity contribution in [2.45, 2.75) is 50.7 Å². The molecule has 0 saturated heterocycles. The third kappa shape index (κ3) is 5.24. The van der Waals surface area contributed by atoms with E-state index in [9.17, 15) is 9.59 Å². The maximum atomic E-state index is 12.4. The summed E-state index contributed by atoms with van der Waals surface area (Å²) in [6.45, 7) is 1.69. The molecule has 0 amide bonds. The summed E-state index contributed by atoms with van der Waals surface area (Å²) >= 11 is 4.25. The Morgan fingerprint density at radius 3 is 2.46 bits per heavy atom. The topological polar surface area (TPSA) is 66.8 Å². The van der Waals surface area contributed by atoms with E-state index in [1.807, 2.05) is 43.3 Å². The van der Waals surface area contributed by atoms with Crippen molar-refractivity contribution >= 4 is 24.6 Å². The molecule has 1 N–H and O–H groups in total. The minimum Gasteiger partial charge on any atom is -0.481 e. The van der Waals surface area contributed by atoms with Gasteiger partial charge in [0.25, 0.3) is 0 Å². The molecule has 2 rings (SSSR count). The molecule has 4 atom stereocenters. The number of hydrogen-bond donors (Lipinski definition) is 2. The van der Waals surface area contributed by atoms with E-state index in [1.165, 1.54) is 0 Å². The molecule has 0 radical (unpaired) electrons. The standard InChI is InChI=1S/C20H29NO4S/c1-13(19(22)23)15-9-7-14(8-10-15)11-16-5-4-6-18(16)25-20(24)17(12-26)21(2)3/h7-10,13,16-18,26H,4-6,11-12H2,1-3H3,(H,22,23)/t13-,16+,17?,18-/m0/s1. The van der Waals surface area contributed by atoms with Gasteiger partial charge in [0, 0.05) is 5.75 Å². The van der Waals surface area contributed by atoms with Gasteiger partial charge in [0.1, 0.15) is 12.1 Å². The molecule has 1 aliphatic rings. The number of nitrogens with zero attached hydrogens (tertiary/aromatic N) is 1. The van der Waals surface area contributed by atoms with Gasteiger partial charge < -0.3 is 9.84 Å². The third-order valence-corrected chi connectivity index (χ3v) is 5.62. The van der Waals surface area contributed by atoms with Crippen LogP contribution in [-0.2, 0) is 20.7 Å². The minimum absolute atomic E-state index is 0.0533. The summed E-state index contributed by atoms with van der Waals surface area (Å²) in [5.41, 5.74) is 1.95. The predicted molar refractivity (Wildman–Crippen MR) is 105 cm³/mol. The Balaban J connectivity index is 1.98. The lowest BCUT2D eigenvalue weighted by Gasteiger charge is -2.26. The van der Waals surface area contributed by atoms with Gasteiger partial charge in [-0.15, -0.1) is 0 Å². The van der Waals surface area contributed by atoms with Gasteiger partial charge in [-0.3, -0.25) is 14.5 Å². The molecule has 0 aliphatic heterocycles. The fourth-order valence-corrected chi connectivity index (χ4v) is 3.93. The van der Waals surface area contributed by atoms with Crippen molar-refractivity contribution in [1.29, 1.82) is 0 Å². The van der Waals surface area contributed by atoms with Crippen LogP contribution in [0.5, 0.6) is 0 Å². The van der Waals surface area contributed by atoms with Crippen LogP contribution in [0.1, 0.15) is 43.2 Å². The molecule has 1 unspecified atom stereocenters. The molecular weight excluding hydrogens is 350 g/mol. The van der Waals surface area contributed by atoms with Gasteiger partial charge in [-0.25, -0.2) is 0 Å². The van der Waals surface area contributed by atoms with Crippen molar-refractivity contribution in [3.8, 4) is 0 Å². The van der Waals surface area contributed by atoms with E-state index in [0.29, 0.717) is 11.7 Å². The van der Waals surface area contributed by atoms with Crippen LogP contribution in [0.15, 0.2) is 24.3 Å². The Bertz CT molecular complexity index is 617. The van der Waals surface area contributed by atoms with Crippen LogP contribution >= 0.6 is 12.6 Å². The number of benzene rings is 1. The lowest BCUT2D eigenvalue weighted by atomic mass is 9.93. The Morgan fingerprint density at radius 1 is 1.27 bits per heavy atom. The number of carboxylic acids is 1. The highest BCUT2D eigenvalue weighted by molar-refractivity contribution is 7.80. The van der Waals surface area contributed by atoms with Gasteiger partial charge >= 0.3 is 11.9 Å². The van der Waals surface area contributed by atoms with E-state index >= 15 is 0 Å². The molecule has 0 spiro atoms. The summed E-state index contributed by atoms with van der Waals surface area (Å²) in [5, 5.41) is 9.10. The van der Waals surface area contributed by atoms with Crippen molar-refractivity contribution in [3.05, 3.63) is 35.4 Å². The molecule has 6 heteroatoms. The Hall–Kier alpha value is -1.53. The Labute approximate surface area is 161 Å². The van der Waals surface area contributed by atoms with E-state index in [1.54, 1.807) is 6.92 Å². The largest absolute Gasteiger partial charge is 0.481 e. The van der Waals surface area contributed by atoms with E-state index in [2.05, 4.69) is 12.6 Å². The molecule has 1 aliphatic carbocycles. The summed E-state index contributed by atoms with van der Waals surface area (Å²) in [4.78, 5) is 25.3. The SMILES string of the molecule is C[C@H](C(=O)O)c1ccc(C[C@H]2CCC[C@@H]2OC(=O)C(CS)N(C)C)cc1. The van der Waals surface area contributed by atoms with Gasteiger partial charge in [-0.2, -0.15) is 12.6 Å². The van der Waals surface area contributed by atoms with Gasteiger partial charge in [-0.1, -0.05) is 24.3 Å². The fourth-order valence-electron chi connectivity index (χ4n) is 3.46. The van der Waals surface area contributed by atoms with Crippen molar-refractivity contribution in [1.82, 2.24) is 4.90 Å². The van der Waals surface area contributed by atoms with Crippen molar-refractivity contribution in [2.75, 3.05) is 19.8 Å². The summed E-state index contributed by atoms with van der Waals surface area (Å²) in [6, 6.07) is 7.42. The maximum Gasteiger partial charge on any atom is 0.324 e. The van der Waals surface area contributed by atoms with E-state index in [4.69, 9.17) is 9.84 Å². The Kier molecular flexibility index (Phi) is 7.53. The number of thiol groups is 1. The quantitative estimate of drug-likeness (QED) is 0.537. The van der Waals surface area contributed by atoms with Crippen molar-refractivity contribution in [2.24, 2.45) is 5.92 Å². The predicted octanol–water partition coefficient (Wildman–Crippen LogP) is 2.99. The zero-order chi connectivity index (χ0) is 19.3. The highest BCUT2D eigenvalue weighted by atomic mass is 32.1. The molecule has 1 aromatic rings. The van der Waals surface area contributed by atoms with Crippen molar-refractivity contribution < 1.29 is 19.4 Å². The number of rotatable bonds is 8. The lowest BCUT2D eigenvalue weighted by Crippen LogP contribution is -2.41. The first kappa shape index (κ1) is 20.8. The first-order chi connectivity index (χ1) is 12.3. The molecule has 1 fully saturated rings. The molecule has 144 valence electrons. The first-order valence-electron chi connectivity index (χ1n) is 9.13. The van der Waals surface area contributed by atoms with Crippen LogP contribution in [0, 0.1) is 5.92 Å². The maximum absolute atomic E-state index is 12.4. The summed E-state index contributed by atoms with van der Waals surface area (Å²) in [6.07, 6.45) is 3.79. The highest BCUT2D eigenvalue weighted by Gasteiger charge is 2.33. The molecule has 0 heterocycles. The van der Waals surface area contributed by atoms with Crippen LogP contribution < -0.4 is 0 Å². The van der Waals surface area contributed by atoms with E-state index in [-0.39, 0.29) is 18.1 Å². The number of carbonyl (C=O) groups is 2. The zero-order valence-corrected chi connectivity index (χ0v) is 16.6. The van der Waals surface area contributed by atoms with Crippen LogP contribution in [0.3, 0.4) is 0 Å². The Morgan fingerprint density at radius 2 is 1.92 bits per heavy atom. The first-order valence-corrected chi connectivity index (χ1v) is 9.76. The van der Waals surface area contributed by atoms with E-state index in [0.717, 1.165) is 36.8 Å². The second-order valence-electron chi connectivity index (χ2n) is 7.33. The third-order valence-electron chi connectivity index (χ3n) is 5.27. The number of ether oxygens (including phenoxy) is 1. The fraction of sp³-hybridized carbons (Fsp3) is 0.600. The van der Waals surface area contributed by atoms with Crippen molar-refractivity contribution in [3.63, 3.8) is 0 Å². The number of likely N-dealkylation sites (N-methyl/N-ethyl adjacent to an activating group) is 1. The van der Waals surface area contributed by atoms with Crippen LogP contribution in [0.25, 0.3) is 0 Å². The molecule has 26 heavy (non-hydrogen) atoms. The van der Waals surface area contributed by atoms with Gasteiger partial charge in [0.15, 0.2) is 0 Å². The van der Waals surface area contributed by atoms with Crippen LogP contribution in [-0.4, -0.2) is 53.9 Å². The zero-order valence-electron chi connectivity index (χ0n) is 15.7. The molecular formula is C20H29NO4S. The minimum atomic E-state index is -0.819. The normalized spacial score (nSPS) is 22.2. The smallest absolute Gasteiger partial charge is 0.324 e. The summed E-state index contributed by atoms with van der Waals surface area (Å²) < 4.78 is 5.80. The highest BCUT2D eigenvalue weighted by Crippen LogP contribution is 2.32. The number of carboxylic acid groups (broad SMARTS) is 1. The van der Waals surface area contributed by atoms with E-state index < -0.39 is 11.9 Å². The number of aliphatic carboxylic acids is 1. The molecule has 0 bridgehead atoms. The molecule has 0 aromatic heterocycles. The average Bonchev–Trinajstić information content (AvgIpc) is 3.01. The van der Waals surface area contributed by atoms with Gasteiger partial charge in [0.2, 0.25) is 0 Å². The van der Waals surface area contributed by atoms with Gasteiger partial charge in [0.05, 0.1) is 5.92 Å². The van der Waals surface area contributed by atoms with Crippen LogP contribution in [0.4, 0.5) is 0 Å². The summed E-state index contributed by atoms with van der Waals surface area (Å²) in [5.74, 6) is -0.780. The summed E-state index contributed by atoms with van der Waals surface area (Å²) in [7, 11) is 3.71. The monoisotopic (exact) mass is 379 g/mol.